The molecule has 0 amide bonds. The molecule has 0 saturated heterocycles. The Morgan fingerprint density at radius 3 is 2.74 bits per heavy atom. The standard InChI is InChI=1S/C28H33N5O/c1-5-20-14-24(16-25(15-20)34-4)33(19-21-8-9-21)23-10-11-26-27(17-23)32-28(18-29-26)22(6-2)12-13-31-30-7-3/h6,10-18,21,30H,2,5,7-9,19H2,1,3-4H3/b22-12+,31-13-. The third-order valence-electron chi connectivity index (χ3n) is 5.98. The number of hydrogen-bond donors (Lipinski definition) is 1. The number of rotatable bonds is 11. The van der Waals surface area contributed by atoms with E-state index >= 15 is 0 Å². The van der Waals surface area contributed by atoms with Crippen LogP contribution in [0.3, 0.4) is 0 Å². The molecule has 1 fully saturated rings. The van der Waals surface area contributed by atoms with Gasteiger partial charge in [0.2, 0.25) is 0 Å². The summed E-state index contributed by atoms with van der Waals surface area (Å²) in [5, 5.41) is 4.13. The molecular formula is C28H33N5O. The second-order valence-corrected chi connectivity index (χ2v) is 8.49. The van der Waals surface area contributed by atoms with E-state index in [0.717, 1.165) is 64.9 Å². The van der Waals surface area contributed by atoms with Crippen LogP contribution in [0.15, 0.2) is 66.4 Å². The monoisotopic (exact) mass is 455 g/mol. The number of benzene rings is 2. The summed E-state index contributed by atoms with van der Waals surface area (Å²) in [6, 6.07) is 12.8. The molecule has 0 radical (unpaired) electrons. The molecule has 176 valence electrons. The molecule has 0 unspecified atom stereocenters. The zero-order chi connectivity index (χ0) is 23.9. The number of methoxy groups -OCH3 is 1. The van der Waals surface area contributed by atoms with Gasteiger partial charge in [0.25, 0.3) is 0 Å². The van der Waals surface area contributed by atoms with E-state index in [1.165, 1.54) is 18.4 Å². The number of ether oxygens (including phenoxy) is 1. The van der Waals surface area contributed by atoms with E-state index in [2.05, 4.69) is 64.2 Å². The van der Waals surface area contributed by atoms with Gasteiger partial charge in [-0.3, -0.25) is 4.98 Å². The van der Waals surface area contributed by atoms with Crippen LogP contribution < -0.4 is 15.1 Å². The molecule has 1 heterocycles. The Balaban J connectivity index is 1.73. The lowest BCUT2D eigenvalue weighted by atomic mass is 10.1. The first-order valence-corrected chi connectivity index (χ1v) is 12.0. The number of anilines is 2. The summed E-state index contributed by atoms with van der Waals surface area (Å²) in [6.45, 7) is 9.86. The van der Waals surface area contributed by atoms with Gasteiger partial charge in [-0.1, -0.05) is 19.6 Å². The van der Waals surface area contributed by atoms with Crippen molar-refractivity contribution in [1.82, 2.24) is 15.4 Å². The highest BCUT2D eigenvalue weighted by Crippen LogP contribution is 2.37. The fraction of sp³-hybridized carbons (Fsp3) is 0.321. The average molecular weight is 456 g/mol. The number of fused-ring (bicyclic) bond motifs is 1. The Bertz CT molecular complexity index is 1190. The van der Waals surface area contributed by atoms with E-state index in [1.807, 2.05) is 19.1 Å². The molecule has 1 saturated carbocycles. The minimum absolute atomic E-state index is 0.718. The fourth-order valence-electron chi connectivity index (χ4n) is 3.87. The summed E-state index contributed by atoms with van der Waals surface area (Å²) in [7, 11) is 1.73. The van der Waals surface area contributed by atoms with Gasteiger partial charge >= 0.3 is 0 Å². The number of hydrogen-bond acceptors (Lipinski definition) is 6. The van der Waals surface area contributed by atoms with Crippen LogP contribution in [-0.4, -0.2) is 36.4 Å². The Morgan fingerprint density at radius 2 is 2.03 bits per heavy atom. The van der Waals surface area contributed by atoms with Crippen LogP contribution in [0.1, 0.15) is 37.9 Å². The third kappa shape index (κ3) is 5.63. The molecule has 34 heavy (non-hydrogen) atoms. The van der Waals surface area contributed by atoms with Crippen LogP contribution in [0.2, 0.25) is 0 Å². The van der Waals surface area contributed by atoms with Gasteiger partial charge in [-0.15, -0.1) is 0 Å². The topological polar surface area (TPSA) is 62.6 Å². The summed E-state index contributed by atoms with van der Waals surface area (Å²) in [4.78, 5) is 11.9. The normalized spacial score (nSPS) is 13.9. The lowest BCUT2D eigenvalue weighted by Crippen LogP contribution is -2.20. The van der Waals surface area contributed by atoms with Crippen molar-refractivity contribution in [2.45, 2.75) is 33.1 Å². The highest BCUT2D eigenvalue weighted by molar-refractivity contribution is 5.89. The molecule has 2 aromatic carbocycles. The maximum absolute atomic E-state index is 5.60. The van der Waals surface area contributed by atoms with E-state index in [1.54, 1.807) is 25.6 Å². The van der Waals surface area contributed by atoms with Gasteiger partial charge in [-0.2, -0.15) is 5.10 Å². The summed E-state index contributed by atoms with van der Waals surface area (Å²) in [6.07, 6.45) is 10.7. The number of nitrogens with one attached hydrogen (secondary N) is 1. The Hall–Kier alpha value is -3.67. The van der Waals surface area contributed by atoms with Gasteiger partial charge < -0.3 is 15.1 Å². The fourth-order valence-corrected chi connectivity index (χ4v) is 3.87. The third-order valence-corrected chi connectivity index (χ3v) is 5.98. The zero-order valence-corrected chi connectivity index (χ0v) is 20.3. The van der Waals surface area contributed by atoms with E-state index in [9.17, 15) is 0 Å². The molecule has 1 aliphatic rings. The molecule has 6 heteroatoms. The van der Waals surface area contributed by atoms with Crippen molar-refractivity contribution in [2.24, 2.45) is 11.0 Å². The Kier molecular flexibility index (Phi) is 7.58. The average Bonchev–Trinajstić information content (AvgIpc) is 3.70. The number of hydrazone groups is 1. The predicted octanol–water partition coefficient (Wildman–Crippen LogP) is 5.91. The summed E-state index contributed by atoms with van der Waals surface area (Å²) in [5.74, 6) is 1.61. The zero-order valence-electron chi connectivity index (χ0n) is 20.3. The first-order valence-electron chi connectivity index (χ1n) is 12.0. The van der Waals surface area contributed by atoms with E-state index in [4.69, 9.17) is 9.72 Å². The van der Waals surface area contributed by atoms with Gasteiger partial charge in [-0.05, 0) is 74.1 Å². The number of allylic oxidation sites excluding steroid dienone is 3. The van der Waals surface area contributed by atoms with Crippen LogP contribution in [0.25, 0.3) is 16.6 Å². The van der Waals surface area contributed by atoms with Gasteiger partial charge in [0.15, 0.2) is 0 Å². The van der Waals surface area contributed by atoms with Crippen molar-refractivity contribution in [3.63, 3.8) is 0 Å². The molecule has 3 aromatic rings. The molecule has 4 rings (SSSR count). The molecule has 0 bridgehead atoms. The second-order valence-electron chi connectivity index (χ2n) is 8.49. The number of aromatic nitrogens is 2. The summed E-state index contributed by atoms with van der Waals surface area (Å²) in [5.41, 5.74) is 9.80. The van der Waals surface area contributed by atoms with Crippen molar-refractivity contribution >= 4 is 34.2 Å². The van der Waals surface area contributed by atoms with Gasteiger partial charge in [-0.25, -0.2) is 4.98 Å². The van der Waals surface area contributed by atoms with Crippen molar-refractivity contribution in [2.75, 3.05) is 25.1 Å². The molecule has 1 N–H and O–H groups in total. The maximum Gasteiger partial charge on any atom is 0.121 e. The summed E-state index contributed by atoms with van der Waals surface area (Å²) < 4.78 is 5.60. The van der Waals surface area contributed by atoms with E-state index in [0.29, 0.717) is 0 Å². The minimum atomic E-state index is 0.718. The summed E-state index contributed by atoms with van der Waals surface area (Å²) >= 11 is 0. The molecular weight excluding hydrogens is 422 g/mol. The minimum Gasteiger partial charge on any atom is -0.497 e. The molecule has 0 spiro atoms. The largest absolute Gasteiger partial charge is 0.497 e. The second kappa shape index (κ2) is 11.0. The highest BCUT2D eigenvalue weighted by Gasteiger charge is 2.26. The number of aryl methyl sites for hydroxylation is 1. The number of nitrogens with zero attached hydrogens (tertiary/aromatic N) is 4. The Labute approximate surface area is 202 Å². The molecule has 6 nitrogen and oxygen atoms in total. The SMILES string of the molecule is C=C/C(=C\C=N/NCC)c1cnc2ccc(N(CC3CC3)c3cc(CC)cc(OC)c3)cc2n1. The van der Waals surface area contributed by atoms with Crippen molar-refractivity contribution in [3.05, 3.63) is 72.6 Å². The lowest BCUT2D eigenvalue weighted by Gasteiger charge is -2.26. The molecule has 1 aromatic heterocycles. The maximum atomic E-state index is 5.60. The van der Waals surface area contributed by atoms with Crippen molar-refractivity contribution in [1.29, 1.82) is 0 Å². The van der Waals surface area contributed by atoms with Crippen LogP contribution >= 0.6 is 0 Å². The van der Waals surface area contributed by atoms with Gasteiger partial charge in [0.1, 0.15) is 5.75 Å². The predicted molar refractivity (Wildman–Crippen MR) is 142 cm³/mol. The van der Waals surface area contributed by atoms with Crippen molar-refractivity contribution < 1.29 is 4.74 Å². The van der Waals surface area contributed by atoms with Crippen molar-refractivity contribution in [3.8, 4) is 5.75 Å². The first-order chi connectivity index (χ1) is 16.6. The van der Waals surface area contributed by atoms with Gasteiger partial charge in [0, 0.05) is 42.3 Å². The van der Waals surface area contributed by atoms with E-state index < -0.39 is 0 Å². The molecule has 1 aliphatic carbocycles. The van der Waals surface area contributed by atoms with Gasteiger partial charge in [0.05, 0.1) is 30.0 Å². The van der Waals surface area contributed by atoms with Crippen LogP contribution in [0.4, 0.5) is 11.4 Å². The smallest absolute Gasteiger partial charge is 0.121 e. The molecule has 0 aliphatic heterocycles. The quantitative estimate of drug-likeness (QED) is 0.221. The molecule has 0 atom stereocenters. The lowest BCUT2D eigenvalue weighted by molar-refractivity contribution is 0.414. The highest BCUT2D eigenvalue weighted by atomic mass is 16.5. The van der Waals surface area contributed by atoms with Crippen LogP contribution in [-0.2, 0) is 6.42 Å². The first kappa shape index (κ1) is 23.5. The van der Waals surface area contributed by atoms with Crippen LogP contribution in [0, 0.1) is 5.92 Å². The van der Waals surface area contributed by atoms with E-state index in [-0.39, 0.29) is 0 Å². The van der Waals surface area contributed by atoms with Crippen LogP contribution in [0.5, 0.6) is 5.75 Å². The Morgan fingerprint density at radius 1 is 1.18 bits per heavy atom.